The smallest absolute Gasteiger partial charge is 0.274 e. The van der Waals surface area contributed by atoms with Gasteiger partial charge in [-0.2, -0.15) is 0 Å². The number of aromatic nitrogens is 2. The molecule has 0 bridgehead atoms. The van der Waals surface area contributed by atoms with Gasteiger partial charge in [0.25, 0.3) is 5.91 Å². The number of hydrogen-bond donors (Lipinski definition) is 0. The summed E-state index contributed by atoms with van der Waals surface area (Å²) >= 11 is 0. The Kier molecular flexibility index (Phi) is 4.18. The Morgan fingerprint density at radius 2 is 1.67 bits per heavy atom. The molecule has 3 fully saturated rings. The van der Waals surface area contributed by atoms with Gasteiger partial charge in [-0.3, -0.25) is 14.6 Å². The normalized spacial score (nSPS) is 27.3. The molecule has 0 aliphatic carbocycles. The van der Waals surface area contributed by atoms with Gasteiger partial charge in [-0.15, -0.1) is 0 Å². The van der Waals surface area contributed by atoms with E-state index in [2.05, 4.69) is 9.97 Å². The number of nitrogens with zero attached hydrogens (tertiary/aromatic N) is 4. The molecule has 4 rings (SSSR count). The van der Waals surface area contributed by atoms with Crippen molar-refractivity contribution >= 4 is 11.8 Å². The number of hydrogen-bond acceptors (Lipinski definition) is 5. The number of ether oxygens (including phenoxy) is 1. The average molecular weight is 330 g/mol. The highest BCUT2D eigenvalue weighted by Gasteiger charge is 2.44. The van der Waals surface area contributed by atoms with Gasteiger partial charge >= 0.3 is 0 Å². The van der Waals surface area contributed by atoms with E-state index in [-0.39, 0.29) is 17.7 Å². The van der Waals surface area contributed by atoms with E-state index in [9.17, 15) is 9.59 Å². The molecule has 2 atom stereocenters. The molecule has 7 nitrogen and oxygen atoms in total. The Morgan fingerprint density at radius 1 is 1.00 bits per heavy atom. The summed E-state index contributed by atoms with van der Waals surface area (Å²) in [6.07, 6.45) is 6.29. The van der Waals surface area contributed by atoms with Crippen LogP contribution < -0.4 is 0 Å². The molecule has 0 radical (unpaired) electrons. The van der Waals surface area contributed by atoms with Gasteiger partial charge in [0, 0.05) is 69.5 Å². The standard InChI is InChI=1S/C17H22N4O3/c22-16(12-1-5-24-6-2-12)20-8-13-10-21(11-14(13)9-20)17(23)15-7-18-3-4-19-15/h3-4,7,12-14H,1-2,5-6,8-11H2/t13-,14+. The summed E-state index contributed by atoms with van der Waals surface area (Å²) in [5.74, 6) is 1.11. The maximum atomic E-state index is 12.6. The molecule has 0 saturated carbocycles. The maximum absolute atomic E-state index is 12.6. The predicted octanol–water partition coefficient (Wildman–Crippen LogP) is 0.434. The molecular formula is C17H22N4O3. The van der Waals surface area contributed by atoms with E-state index in [0.717, 1.165) is 25.9 Å². The van der Waals surface area contributed by atoms with E-state index in [1.165, 1.54) is 6.20 Å². The molecule has 4 heterocycles. The summed E-state index contributed by atoms with van der Waals surface area (Å²) in [6.45, 7) is 4.33. The van der Waals surface area contributed by atoms with Crippen LogP contribution in [0.15, 0.2) is 18.6 Å². The van der Waals surface area contributed by atoms with Crippen LogP contribution in [0.25, 0.3) is 0 Å². The van der Waals surface area contributed by atoms with Crippen LogP contribution in [0.3, 0.4) is 0 Å². The van der Waals surface area contributed by atoms with Crippen LogP contribution in [-0.2, 0) is 9.53 Å². The first-order valence-electron chi connectivity index (χ1n) is 8.64. The molecule has 3 aliphatic rings. The second-order valence-electron chi connectivity index (χ2n) is 6.95. The van der Waals surface area contributed by atoms with Crippen molar-refractivity contribution in [3.63, 3.8) is 0 Å². The zero-order valence-electron chi connectivity index (χ0n) is 13.6. The minimum atomic E-state index is -0.0557. The van der Waals surface area contributed by atoms with Crippen molar-refractivity contribution in [3.05, 3.63) is 24.3 Å². The van der Waals surface area contributed by atoms with Crippen molar-refractivity contribution in [1.29, 1.82) is 0 Å². The first-order valence-corrected chi connectivity index (χ1v) is 8.64. The van der Waals surface area contributed by atoms with Gasteiger partial charge in [-0.25, -0.2) is 4.98 Å². The molecule has 0 aromatic carbocycles. The lowest BCUT2D eigenvalue weighted by atomic mass is 9.99. The lowest BCUT2D eigenvalue weighted by molar-refractivity contribution is -0.137. The predicted molar refractivity (Wildman–Crippen MR) is 85.0 cm³/mol. The second kappa shape index (κ2) is 6.47. The number of fused-ring (bicyclic) bond motifs is 1. The zero-order valence-corrected chi connectivity index (χ0v) is 13.6. The summed E-state index contributed by atoms with van der Waals surface area (Å²) in [5, 5.41) is 0. The van der Waals surface area contributed by atoms with Crippen molar-refractivity contribution in [2.75, 3.05) is 39.4 Å². The van der Waals surface area contributed by atoms with Gasteiger partial charge in [-0.1, -0.05) is 0 Å². The number of rotatable bonds is 2. The fourth-order valence-corrected chi connectivity index (χ4v) is 4.11. The van der Waals surface area contributed by atoms with Crippen LogP contribution in [0.1, 0.15) is 23.3 Å². The van der Waals surface area contributed by atoms with Gasteiger partial charge in [0.15, 0.2) is 0 Å². The first kappa shape index (κ1) is 15.5. The minimum absolute atomic E-state index is 0.0557. The minimum Gasteiger partial charge on any atom is -0.381 e. The Bertz CT molecular complexity index is 604. The van der Waals surface area contributed by atoms with Gasteiger partial charge in [0.1, 0.15) is 5.69 Å². The summed E-state index contributed by atoms with van der Waals surface area (Å²) in [5.41, 5.74) is 0.396. The van der Waals surface area contributed by atoms with Crippen molar-refractivity contribution in [2.24, 2.45) is 17.8 Å². The number of carbonyl (C=O) groups is 2. The van der Waals surface area contributed by atoms with E-state index in [1.54, 1.807) is 12.4 Å². The molecule has 2 amide bonds. The zero-order chi connectivity index (χ0) is 16.5. The van der Waals surface area contributed by atoms with Crippen LogP contribution in [0.2, 0.25) is 0 Å². The lowest BCUT2D eigenvalue weighted by Crippen LogP contribution is -2.40. The Balaban J connectivity index is 1.35. The fraction of sp³-hybridized carbons (Fsp3) is 0.647. The molecule has 24 heavy (non-hydrogen) atoms. The molecule has 7 heteroatoms. The average Bonchev–Trinajstić information content (AvgIpc) is 3.21. The van der Waals surface area contributed by atoms with Crippen LogP contribution in [0.5, 0.6) is 0 Å². The van der Waals surface area contributed by atoms with Crippen molar-refractivity contribution in [2.45, 2.75) is 12.8 Å². The summed E-state index contributed by atoms with van der Waals surface area (Å²) in [4.78, 5) is 37.0. The van der Waals surface area contributed by atoms with Crippen LogP contribution >= 0.6 is 0 Å². The van der Waals surface area contributed by atoms with Gasteiger partial charge in [0.05, 0.1) is 6.20 Å². The molecule has 3 aliphatic heterocycles. The van der Waals surface area contributed by atoms with Gasteiger partial charge in [-0.05, 0) is 12.8 Å². The number of amides is 2. The molecule has 0 unspecified atom stereocenters. The third-order valence-corrected chi connectivity index (χ3v) is 5.44. The summed E-state index contributed by atoms with van der Waals surface area (Å²) < 4.78 is 5.34. The summed E-state index contributed by atoms with van der Waals surface area (Å²) in [7, 11) is 0. The van der Waals surface area contributed by atoms with E-state index >= 15 is 0 Å². The molecule has 0 spiro atoms. The highest BCUT2D eigenvalue weighted by Crippen LogP contribution is 2.33. The van der Waals surface area contributed by atoms with Crippen molar-refractivity contribution < 1.29 is 14.3 Å². The summed E-state index contributed by atoms with van der Waals surface area (Å²) in [6, 6.07) is 0. The molecule has 3 saturated heterocycles. The van der Waals surface area contributed by atoms with Crippen LogP contribution in [0.4, 0.5) is 0 Å². The molecule has 0 N–H and O–H groups in total. The van der Waals surface area contributed by atoms with Gasteiger partial charge < -0.3 is 14.5 Å². The Morgan fingerprint density at radius 3 is 2.29 bits per heavy atom. The van der Waals surface area contributed by atoms with E-state index in [4.69, 9.17) is 4.74 Å². The monoisotopic (exact) mass is 330 g/mol. The highest BCUT2D eigenvalue weighted by molar-refractivity contribution is 5.92. The SMILES string of the molecule is O=C(c1cnccn1)N1C[C@@H]2CN(C(=O)C3CCOCC3)C[C@@H]2C1. The third kappa shape index (κ3) is 2.88. The van der Waals surface area contributed by atoms with Crippen LogP contribution in [0, 0.1) is 17.8 Å². The first-order chi connectivity index (χ1) is 11.7. The number of carbonyl (C=O) groups excluding carboxylic acids is 2. The van der Waals surface area contributed by atoms with Crippen LogP contribution in [-0.4, -0.2) is 71.0 Å². The highest BCUT2D eigenvalue weighted by atomic mass is 16.5. The molecule has 128 valence electrons. The molecule has 1 aromatic heterocycles. The van der Waals surface area contributed by atoms with Crippen molar-refractivity contribution in [1.82, 2.24) is 19.8 Å². The largest absolute Gasteiger partial charge is 0.381 e. The quantitative estimate of drug-likeness (QED) is 0.786. The number of likely N-dealkylation sites (tertiary alicyclic amines) is 2. The van der Waals surface area contributed by atoms with E-state index < -0.39 is 0 Å². The lowest BCUT2D eigenvalue weighted by Gasteiger charge is -2.27. The second-order valence-corrected chi connectivity index (χ2v) is 6.95. The maximum Gasteiger partial charge on any atom is 0.274 e. The fourth-order valence-electron chi connectivity index (χ4n) is 4.11. The Labute approximate surface area is 141 Å². The topological polar surface area (TPSA) is 75.6 Å². The Hall–Kier alpha value is -2.02. The van der Waals surface area contributed by atoms with Gasteiger partial charge in [0.2, 0.25) is 5.91 Å². The third-order valence-electron chi connectivity index (χ3n) is 5.44. The molecule has 1 aromatic rings. The molecular weight excluding hydrogens is 308 g/mol. The van der Waals surface area contributed by atoms with E-state index in [1.807, 2.05) is 9.80 Å². The van der Waals surface area contributed by atoms with E-state index in [0.29, 0.717) is 43.8 Å². The van der Waals surface area contributed by atoms with Crippen molar-refractivity contribution in [3.8, 4) is 0 Å².